The van der Waals surface area contributed by atoms with Crippen LogP contribution < -0.4 is 14.2 Å². The lowest BCUT2D eigenvalue weighted by atomic mass is 9.82. The number of allylic oxidation sites excluding steroid dienone is 2. The first-order valence-corrected chi connectivity index (χ1v) is 22.0. The normalized spacial score (nSPS) is 29.4. The molecule has 12 nitrogen and oxygen atoms in total. The second-order valence-electron chi connectivity index (χ2n) is 17.4. The maximum absolute atomic E-state index is 14.9. The highest BCUT2D eigenvalue weighted by Crippen LogP contribution is 2.57. The number of halogens is 1. The Labute approximate surface area is 335 Å². The van der Waals surface area contributed by atoms with Gasteiger partial charge in [0.2, 0.25) is 33.6 Å². The Morgan fingerprint density at radius 3 is 2.54 bits per heavy atom. The van der Waals surface area contributed by atoms with E-state index in [0.717, 1.165) is 12.8 Å². The summed E-state index contributed by atoms with van der Waals surface area (Å²) in [5.74, 6) is -2.50. The van der Waals surface area contributed by atoms with Crippen molar-refractivity contribution in [2.24, 2.45) is 29.1 Å². The Kier molecular flexibility index (Phi) is 12.5. The molecule has 2 aliphatic heterocycles. The van der Waals surface area contributed by atoms with Crippen LogP contribution in [-0.4, -0.2) is 78.0 Å². The smallest absolute Gasteiger partial charge is 0.307 e. The van der Waals surface area contributed by atoms with E-state index in [1.165, 1.54) is 4.90 Å². The number of rotatable bonds is 10. The second kappa shape index (κ2) is 16.6. The lowest BCUT2D eigenvalue weighted by Crippen LogP contribution is -2.47. The van der Waals surface area contributed by atoms with Crippen LogP contribution in [0.25, 0.3) is 10.8 Å². The zero-order valence-electron chi connectivity index (χ0n) is 33.3. The lowest BCUT2D eigenvalue weighted by Gasteiger charge is -2.32. The molecule has 2 aromatic rings. The van der Waals surface area contributed by atoms with Gasteiger partial charge in [-0.1, -0.05) is 50.6 Å². The maximum atomic E-state index is 14.9. The molecule has 0 bridgehead atoms. The molecule has 4 aliphatic rings. The zero-order valence-corrected chi connectivity index (χ0v) is 34.9. The first-order valence-electron chi connectivity index (χ1n) is 20.1. The maximum Gasteiger partial charge on any atom is 0.307 e. The lowest BCUT2D eigenvalue weighted by molar-refractivity contribution is -0.160. The van der Waals surface area contributed by atoms with Gasteiger partial charge in [0.1, 0.15) is 11.7 Å². The summed E-state index contributed by atoms with van der Waals surface area (Å²) in [4.78, 5) is 63.0. The number of fused-ring (bicyclic) bond motifs is 3. The van der Waals surface area contributed by atoms with E-state index < -0.39 is 56.2 Å². The van der Waals surface area contributed by atoms with Gasteiger partial charge in [-0.3, -0.25) is 23.9 Å². The number of nitrogens with one attached hydrogen (secondary N) is 1. The molecule has 14 heteroatoms. The molecule has 0 radical (unpaired) electrons. The highest BCUT2D eigenvalue weighted by atomic mass is 35.5. The third kappa shape index (κ3) is 9.69. The number of benzene rings is 1. The van der Waals surface area contributed by atoms with Crippen LogP contribution in [0, 0.1) is 29.1 Å². The summed E-state index contributed by atoms with van der Waals surface area (Å²) in [6.45, 7) is 11.8. The molecule has 3 heterocycles. The number of Topliss-reactive ketones (excluding diaryl/α,β-unsaturated/α-hetero) is 1. The number of carbonyl (C=O) groups is 4. The number of ether oxygens (including phenoxy) is 3. The molecule has 1 aromatic carbocycles. The Morgan fingerprint density at radius 2 is 1.84 bits per heavy atom. The molecular weight excluding hydrogens is 758 g/mol. The van der Waals surface area contributed by atoms with Crippen molar-refractivity contribution in [3.8, 4) is 11.8 Å². The minimum Gasteiger partial charge on any atom is -0.478 e. The highest BCUT2D eigenvalue weighted by molar-refractivity contribution is 7.90. The van der Waals surface area contributed by atoms with Crippen LogP contribution in [-0.2, 0) is 33.9 Å². The van der Waals surface area contributed by atoms with Gasteiger partial charge in [0.05, 0.1) is 42.2 Å². The van der Waals surface area contributed by atoms with Crippen molar-refractivity contribution >= 4 is 56.0 Å². The van der Waals surface area contributed by atoms with E-state index in [0.29, 0.717) is 60.4 Å². The molecule has 6 rings (SSSR count). The molecule has 7 atom stereocenters. The number of hydrogen-bond acceptors (Lipinski definition) is 10. The van der Waals surface area contributed by atoms with Crippen LogP contribution in [0.1, 0.15) is 106 Å². The van der Waals surface area contributed by atoms with Crippen molar-refractivity contribution in [2.75, 3.05) is 13.2 Å². The summed E-state index contributed by atoms with van der Waals surface area (Å²) in [6.07, 6.45) is 7.17. The molecule has 2 amide bonds. The molecule has 2 saturated carbocycles. The molecule has 306 valence electrons. The average molecular weight is 814 g/mol. The summed E-state index contributed by atoms with van der Waals surface area (Å²) < 4.78 is 46.3. The molecule has 56 heavy (non-hydrogen) atoms. The van der Waals surface area contributed by atoms with E-state index in [1.807, 2.05) is 32.1 Å². The monoisotopic (exact) mass is 813 g/mol. The van der Waals surface area contributed by atoms with Gasteiger partial charge >= 0.3 is 5.97 Å². The van der Waals surface area contributed by atoms with Crippen molar-refractivity contribution in [2.45, 2.75) is 129 Å². The second-order valence-corrected chi connectivity index (χ2v) is 19.8. The van der Waals surface area contributed by atoms with Gasteiger partial charge in [-0.15, -0.1) is 0 Å². The topological polar surface area (TPSA) is 158 Å². The van der Waals surface area contributed by atoms with Gasteiger partial charge in [-0.2, -0.15) is 4.98 Å². The van der Waals surface area contributed by atoms with E-state index in [-0.39, 0.29) is 61.1 Å². The van der Waals surface area contributed by atoms with Crippen molar-refractivity contribution < 1.29 is 41.8 Å². The quantitative estimate of drug-likeness (QED) is 0.196. The van der Waals surface area contributed by atoms with Crippen LogP contribution in [0.3, 0.4) is 0 Å². The summed E-state index contributed by atoms with van der Waals surface area (Å²) >= 11 is 6.61. The fourth-order valence-corrected chi connectivity index (χ4v) is 9.88. The van der Waals surface area contributed by atoms with Gasteiger partial charge in [0.25, 0.3) is 0 Å². The predicted octanol–water partition coefficient (Wildman–Crippen LogP) is 6.96. The summed E-state index contributed by atoms with van der Waals surface area (Å²) in [5.41, 5.74) is -2.03. The van der Waals surface area contributed by atoms with Crippen LogP contribution >= 0.6 is 11.6 Å². The number of sulfonamides is 1. The zero-order chi connectivity index (χ0) is 40.6. The molecule has 1 N–H and O–H groups in total. The number of esters is 1. The van der Waals surface area contributed by atoms with Gasteiger partial charge in [0.15, 0.2) is 5.78 Å². The van der Waals surface area contributed by atoms with Gasteiger partial charge in [-0.25, -0.2) is 8.42 Å². The molecule has 0 unspecified atom stereocenters. The SMILES string of the molecule is CCCOc1cc2c(Cl)cccc2c(O[C@@H]2C[C@H]3C(=O)C[C@]4(C(=O)NS(=O)(=O)C5CC5)C[C@H]4/C=C\CC[C@H](C)C[C@@H](C)[C@H](CC(=O)OC(C)(C)C)C(=O)N3C2)n1. The molecular formula is C42H56ClN3O9S. The number of hydrogen-bond donors (Lipinski definition) is 1. The first-order chi connectivity index (χ1) is 26.4. The fourth-order valence-electron chi connectivity index (χ4n) is 8.26. The Morgan fingerprint density at radius 1 is 1.09 bits per heavy atom. The molecule has 1 aromatic heterocycles. The van der Waals surface area contributed by atoms with Crippen molar-refractivity contribution in [1.82, 2.24) is 14.6 Å². The van der Waals surface area contributed by atoms with E-state index in [4.69, 9.17) is 25.8 Å². The Hall–Kier alpha value is -3.71. The minimum atomic E-state index is -3.87. The van der Waals surface area contributed by atoms with Crippen LogP contribution in [0.4, 0.5) is 0 Å². The number of nitrogens with zero attached hydrogens (tertiary/aromatic N) is 2. The molecule has 2 aliphatic carbocycles. The average Bonchev–Trinajstić information content (AvgIpc) is 4.04. The van der Waals surface area contributed by atoms with Crippen LogP contribution in [0.2, 0.25) is 5.02 Å². The number of pyridine rings is 1. The van der Waals surface area contributed by atoms with Crippen molar-refractivity contribution in [3.63, 3.8) is 0 Å². The molecule has 3 fully saturated rings. The van der Waals surface area contributed by atoms with E-state index in [1.54, 1.807) is 39.0 Å². The Bertz CT molecular complexity index is 1980. The summed E-state index contributed by atoms with van der Waals surface area (Å²) in [6, 6.07) is 6.12. The molecule has 1 saturated heterocycles. The third-order valence-corrected chi connectivity index (χ3v) is 13.6. The van der Waals surface area contributed by atoms with Gasteiger partial charge in [-0.05, 0) is 95.6 Å². The van der Waals surface area contributed by atoms with E-state index in [2.05, 4.69) is 16.6 Å². The number of carbonyl (C=O) groups excluding carboxylic acids is 4. The largest absolute Gasteiger partial charge is 0.478 e. The molecule has 0 spiro atoms. The number of aromatic nitrogens is 1. The summed E-state index contributed by atoms with van der Waals surface area (Å²) in [5, 5.41) is 1.18. The van der Waals surface area contributed by atoms with E-state index >= 15 is 0 Å². The third-order valence-electron chi connectivity index (χ3n) is 11.5. The highest BCUT2D eigenvalue weighted by Gasteiger charge is 2.61. The van der Waals surface area contributed by atoms with E-state index in [9.17, 15) is 27.6 Å². The van der Waals surface area contributed by atoms with Crippen LogP contribution in [0.5, 0.6) is 11.8 Å². The van der Waals surface area contributed by atoms with Crippen LogP contribution in [0.15, 0.2) is 36.4 Å². The predicted molar refractivity (Wildman–Crippen MR) is 213 cm³/mol. The van der Waals surface area contributed by atoms with Gasteiger partial charge in [0, 0.05) is 34.7 Å². The van der Waals surface area contributed by atoms with Gasteiger partial charge < -0.3 is 19.1 Å². The fraction of sp³-hybridized carbons (Fsp3) is 0.643. The number of amides is 2. The summed E-state index contributed by atoms with van der Waals surface area (Å²) in [7, 11) is -3.87. The van der Waals surface area contributed by atoms with Crippen molar-refractivity contribution in [3.05, 3.63) is 41.4 Å². The standard InChI is InChI=1S/C42H56ClN3O9S/c1-7-17-53-36-20-32-30(13-10-14-33(32)43)38(44-36)54-28-19-34-35(47)23-42(40(50)45-56(51,52)29-15-16-29)22-27(42)12-9-8-11-25(2)18-26(3)31(39(49)46(34)24-28)21-37(48)55-41(4,5)6/h9-10,12-14,20,25-29,31,34H,7-8,11,15-19,21-24H2,1-6H3,(H,45,50)/b12-9-/t25-,26+,27+,28+,31-,34-,42+/m0/s1. The first kappa shape index (κ1) is 41.9. The Balaban J connectivity index is 1.36. The number of ketones is 1. The van der Waals surface area contributed by atoms with Crippen molar-refractivity contribution in [1.29, 1.82) is 0 Å². The minimum absolute atomic E-state index is 0.0186.